The van der Waals surface area contributed by atoms with Crippen LogP contribution in [0.3, 0.4) is 0 Å². The Morgan fingerprint density at radius 2 is 2.20 bits per heavy atom. The number of rotatable bonds is 6. The number of hydrogen-bond acceptors (Lipinski definition) is 4. The number of nitrogens with one attached hydrogen (secondary N) is 1. The molecule has 1 heterocycles. The van der Waals surface area contributed by atoms with Crippen LogP contribution in [0.15, 0.2) is 10.6 Å². The van der Waals surface area contributed by atoms with Gasteiger partial charge in [-0.1, -0.05) is 19.0 Å². The second-order valence-corrected chi connectivity index (χ2v) is 4.35. The summed E-state index contributed by atoms with van der Waals surface area (Å²) in [7, 11) is 0. The molecule has 1 aromatic heterocycles. The van der Waals surface area contributed by atoms with E-state index in [1.165, 1.54) is 0 Å². The lowest BCUT2D eigenvalue weighted by Gasteiger charge is -2.07. The third kappa shape index (κ3) is 4.44. The predicted molar refractivity (Wildman–Crippen MR) is 58.4 cm³/mol. The SMILES string of the molecule is CC(C)Cc1cc(CNC(C)CO)no1. The topological polar surface area (TPSA) is 58.3 Å². The van der Waals surface area contributed by atoms with Crippen LogP contribution < -0.4 is 5.32 Å². The van der Waals surface area contributed by atoms with Crippen molar-refractivity contribution in [2.75, 3.05) is 6.61 Å². The molecule has 0 spiro atoms. The second-order valence-electron chi connectivity index (χ2n) is 4.35. The highest BCUT2D eigenvalue weighted by molar-refractivity contribution is 5.05. The van der Waals surface area contributed by atoms with E-state index in [-0.39, 0.29) is 12.6 Å². The van der Waals surface area contributed by atoms with Crippen molar-refractivity contribution in [2.24, 2.45) is 5.92 Å². The van der Waals surface area contributed by atoms with Crippen LogP contribution in [0.4, 0.5) is 0 Å². The Kier molecular flexibility index (Phi) is 4.78. The van der Waals surface area contributed by atoms with Crippen LogP contribution >= 0.6 is 0 Å². The summed E-state index contributed by atoms with van der Waals surface area (Å²) in [5.41, 5.74) is 0.894. The van der Waals surface area contributed by atoms with E-state index in [0.29, 0.717) is 12.5 Å². The number of aliphatic hydroxyl groups is 1. The highest BCUT2D eigenvalue weighted by Crippen LogP contribution is 2.09. The van der Waals surface area contributed by atoms with Gasteiger partial charge >= 0.3 is 0 Å². The van der Waals surface area contributed by atoms with Gasteiger partial charge in [-0.2, -0.15) is 0 Å². The molecule has 0 aromatic carbocycles. The Hall–Kier alpha value is -0.870. The largest absolute Gasteiger partial charge is 0.395 e. The Morgan fingerprint density at radius 3 is 2.80 bits per heavy atom. The van der Waals surface area contributed by atoms with Crippen LogP contribution in [0, 0.1) is 5.92 Å². The first-order valence-corrected chi connectivity index (χ1v) is 5.40. The van der Waals surface area contributed by atoms with E-state index in [4.69, 9.17) is 9.63 Å². The molecular weight excluding hydrogens is 192 g/mol. The van der Waals surface area contributed by atoms with E-state index < -0.39 is 0 Å². The normalized spacial score (nSPS) is 13.4. The summed E-state index contributed by atoms with van der Waals surface area (Å²) >= 11 is 0. The van der Waals surface area contributed by atoms with E-state index >= 15 is 0 Å². The van der Waals surface area contributed by atoms with Crippen molar-refractivity contribution in [1.82, 2.24) is 10.5 Å². The highest BCUT2D eigenvalue weighted by Gasteiger charge is 2.07. The van der Waals surface area contributed by atoms with Crippen molar-refractivity contribution in [3.05, 3.63) is 17.5 Å². The molecule has 1 rings (SSSR count). The number of nitrogens with zero attached hydrogens (tertiary/aromatic N) is 1. The van der Waals surface area contributed by atoms with Gasteiger partial charge in [-0.3, -0.25) is 0 Å². The summed E-state index contributed by atoms with van der Waals surface area (Å²) < 4.78 is 5.19. The lowest BCUT2D eigenvalue weighted by Crippen LogP contribution is -2.28. The van der Waals surface area contributed by atoms with Gasteiger partial charge in [0, 0.05) is 25.1 Å². The van der Waals surface area contributed by atoms with Crippen molar-refractivity contribution < 1.29 is 9.63 Å². The smallest absolute Gasteiger partial charge is 0.137 e. The molecule has 86 valence electrons. The first-order valence-electron chi connectivity index (χ1n) is 5.40. The van der Waals surface area contributed by atoms with Crippen molar-refractivity contribution >= 4 is 0 Å². The molecule has 1 atom stereocenters. The Morgan fingerprint density at radius 1 is 1.47 bits per heavy atom. The van der Waals surface area contributed by atoms with E-state index in [9.17, 15) is 0 Å². The second kappa shape index (κ2) is 5.88. The minimum atomic E-state index is 0.0928. The summed E-state index contributed by atoms with van der Waals surface area (Å²) in [4.78, 5) is 0. The first-order chi connectivity index (χ1) is 7.11. The van der Waals surface area contributed by atoms with Crippen molar-refractivity contribution in [3.63, 3.8) is 0 Å². The summed E-state index contributed by atoms with van der Waals surface area (Å²) in [5.74, 6) is 1.51. The Labute approximate surface area is 90.7 Å². The molecule has 2 N–H and O–H groups in total. The monoisotopic (exact) mass is 212 g/mol. The highest BCUT2D eigenvalue weighted by atomic mass is 16.5. The molecule has 0 fully saturated rings. The fourth-order valence-corrected chi connectivity index (χ4v) is 1.28. The minimum absolute atomic E-state index is 0.0928. The van der Waals surface area contributed by atoms with E-state index in [1.807, 2.05) is 13.0 Å². The fraction of sp³-hybridized carbons (Fsp3) is 0.727. The molecule has 0 radical (unpaired) electrons. The molecule has 0 saturated carbocycles. The first kappa shape index (κ1) is 12.2. The molecular formula is C11H20N2O2. The molecule has 1 unspecified atom stereocenters. The van der Waals surface area contributed by atoms with Gasteiger partial charge in [0.25, 0.3) is 0 Å². The van der Waals surface area contributed by atoms with Gasteiger partial charge in [-0.05, 0) is 12.8 Å². The van der Waals surface area contributed by atoms with Gasteiger partial charge in [0.15, 0.2) is 0 Å². The zero-order valence-electron chi connectivity index (χ0n) is 9.66. The van der Waals surface area contributed by atoms with Crippen LogP contribution in [0.5, 0.6) is 0 Å². The molecule has 4 heteroatoms. The zero-order chi connectivity index (χ0) is 11.3. The van der Waals surface area contributed by atoms with Crippen molar-refractivity contribution in [3.8, 4) is 0 Å². The van der Waals surface area contributed by atoms with Gasteiger partial charge in [0.1, 0.15) is 5.76 Å². The summed E-state index contributed by atoms with van der Waals surface area (Å²) in [6.07, 6.45) is 0.919. The summed E-state index contributed by atoms with van der Waals surface area (Å²) in [6.45, 7) is 7.00. The van der Waals surface area contributed by atoms with Crippen LogP contribution in [0.2, 0.25) is 0 Å². The van der Waals surface area contributed by atoms with Crippen LogP contribution in [0.1, 0.15) is 32.2 Å². The average molecular weight is 212 g/mol. The maximum absolute atomic E-state index is 8.83. The Balaban J connectivity index is 2.39. The molecule has 0 saturated heterocycles. The standard InChI is InChI=1S/C11H20N2O2/c1-8(2)4-11-5-10(13-15-11)6-12-9(3)7-14/h5,8-9,12,14H,4,6-7H2,1-3H3. The third-order valence-corrected chi connectivity index (χ3v) is 2.12. The van der Waals surface area contributed by atoms with E-state index in [0.717, 1.165) is 17.9 Å². The molecule has 0 bridgehead atoms. The molecule has 15 heavy (non-hydrogen) atoms. The van der Waals surface area contributed by atoms with E-state index in [2.05, 4.69) is 24.3 Å². The lowest BCUT2D eigenvalue weighted by atomic mass is 10.1. The van der Waals surface area contributed by atoms with Crippen LogP contribution in [0.25, 0.3) is 0 Å². The van der Waals surface area contributed by atoms with Gasteiger partial charge in [0.05, 0.1) is 12.3 Å². The maximum atomic E-state index is 8.83. The molecule has 0 aliphatic heterocycles. The number of hydrogen-bond donors (Lipinski definition) is 2. The van der Waals surface area contributed by atoms with Gasteiger partial charge in [-0.15, -0.1) is 0 Å². The lowest BCUT2D eigenvalue weighted by molar-refractivity contribution is 0.250. The molecule has 0 amide bonds. The molecule has 4 nitrogen and oxygen atoms in total. The average Bonchev–Trinajstić information content (AvgIpc) is 2.61. The summed E-state index contributed by atoms with van der Waals surface area (Å²) in [5, 5.41) is 15.9. The van der Waals surface area contributed by atoms with E-state index in [1.54, 1.807) is 0 Å². The summed E-state index contributed by atoms with van der Waals surface area (Å²) in [6, 6.07) is 2.06. The maximum Gasteiger partial charge on any atom is 0.137 e. The predicted octanol–water partition coefficient (Wildman–Crippen LogP) is 1.34. The quantitative estimate of drug-likeness (QED) is 0.747. The minimum Gasteiger partial charge on any atom is -0.395 e. The third-order valence-electron chi connectivity index (χ3n) is 2.12. The van der Waals surface area contributed by atoms with Crippen LogP contribution in [-0.4, -0.2) is 22.9 Å². The fourth-order valence-electron chi connectivity index (χ4n) is 1.28. The van der Waals surface area contributed by atoms with Crippen molar-refractivity contribution in [2.45, 2.75) is 39.8 Å². The number of aliphatic hydroxyl groups excluding tert-OH is 1. The van der Waals surface area contributed by atoms with Crippen molar-refractivity contribution in [1.29, 1.82) is 0 Å². The van der Waals surface area contributed by atoms with Gasteiger partial charge in [0.2, 0.25) is 0 Å². The Bertz CT molecular complexity index is 284. The zero-order valence-corrected chi connectivity index (χ0v) is 9.66. The molecule has 0 aliphatic carbocycles. The molecule has 0 aliphatic rings. The van der Waals surface area contributed by atoms with Crippen LogP contribution in [-0.2, 0) is 13.0 Å². The molecule has 1 aromatic rings. The number of aromatic nitrogens is 1. The van der Waals surface area contributed by atoms with Gasteiger partial charge < -0.3 is 14.9 Å². The van der Waals surface area contributed by atoms with Gasteiger partial charge in [-0.25, -0.2) is 0 Å².